The van der Waals surface area contributed by atoms with E-state index in [4.69, 9.17) is 9.47 Å². The van der Waals surface area contributed by atoms with E-state index in [1.54, 1.807) is 18.2 Å². The first-order valence-electron chi connectivity index (χ1n) is 6.26. The van der Waals surface area contributed by atoms with Gasteiger partial charge in [-0.3, -0.25) is 9.59 Å². The van der Waals surface area contributed by atoms with E-state index in [0.717, 1.165) is 0 Å². The Morgan fingerprint density at radius 3 is 2.33 bits per heavy atom. The molecule has 5 nitrogen and oxygen atoms in total. The van der Waals surface area contributed by atoms with Crippen LogP contribution in [0.1, 0.15) is 31.8 Å². The smallest absolute Gasteiger partial charge is 0.201 e. The highest BCUT2D eigenvalue weighted by atomic mass is 16.5. The highest BCUT2D eigenvalue weighted by Crippen LogP contribution is 2.38. The zero-order valence-electron chi connectivity index (χ0n) is 11.5. The summed E-state index contributed by atoms with van der Waals surface area (Å²) in [5, 5.41) is 10.1. The van der Waals surface area contributed by atoms with Gasteiger partial charge in [-0.25, -0.2) is 0 Å². The zero-order valence-corrected chi connectivity index (χ0v) is 11.5. The number of carbonyl (C=O) groups excluding carboxylic acids is 2. The first-order valence-corrected chi connectivity index (χ1v) is 6.26. The second-order valence-electron chi connectivity index (χ2n) is 4.61. The lowest BCUT2D eigenvalue weighted by atomic mass is 9.83. The quantitative estimate of drug-likeness (QED) is 0.781. The molecule has 0 bridgehead atoms. The molecule has 2 aromatic carbocycles. The average molecular weight is 284 g/mol. The Labute approximate surface area is 120 Å². The summed E-state index contributed by atoms with van der Waals surface area (Å²) in [5.41, 5.74) is 0.563. The van der Waals surface area contributed by atoms with Crippen LogP contribution in [-0.2, 0) is 0 Å². The van der Waals surface area contributed by atoms with Crippen molar-refractivity contribution in [1.29, 1.82) is 0 Å². The predicted molar refractivity (Wildman–Crippen MR) is 74.5 cm³/mol. The summed E-state index contributed by atoms with van der Waals surface area (Å²) in [6, 6.07) is 7.59. The number of aromatic hydroxyl groups is 1. The Kier molecular flexibility index (Phi) is 2.90. The minimum absolute atomic E-state index is 0.0159. The summed E-state index contributed by atoms with van der Waals surface area (Å²) in [7, 11) is 2.85. The van der Waals surface area contributed by atoms with Gasteiger partial charge in [0.1, 0.15) is 17.2 Å². The molecule has 5 heteroatoms. The van der Waals surface area contributed by atoms with Gasteiger partial charge in [-0.1, -0.05) is 12.1 Å². The Morgan fingerprint density at radius 1 is 0.905 bits per heavy atom. The van der Waals surface area contributed by atoms with E-state index in [9.17, 15) is 14.7 Å². The van der Waals surface area contributed by atoms with E-state index in [2.05, 4.69) is 0 Å². The second-order valence-corrected chi connectivity index (χ2v) is 4.61. The van der Waals surface area contributed by atoms with Crippen LogP contribution in [0.15, 0.2) is 30.3 Å². The lowest BCUT2D eigenvalue weighted by molar-refractivity contribution is 0.0973. The summed E-state index contributed by atoms with van der Waals surface area (Å²) in [5.74, 6) is -0.422. The van der Waals surface area contributed by atoms with Gasteiger partial charge in [0, 0.05) is 17.2 Å². The van der Waals surface area contributed by atoms with Gasteiger partial charge in [0.2, 0.25) is 5.78 Å². The number of benzene rings is 2. The van der Waals surface area contributed by atoms with Crippen molar-refractivity contribution in [3.8, 4) is 17.2 Å². The molecule has 0 spiro atoms. The number of hydrogen-bond donors (Lipinski definition) is 1. The minimum Gasteiger partial charge on any atom is -0.507 e. The first kappa shape index (κ1) is 13.2. The molecule has 1 N–H and O–H groups in total. The summed E-state index contributed by atoms with van der Waals surface area (Å²) in [6.45, 7) is 0. The molecule has 0 saturated carbocycles. The van der Waals surface area contributed by atoms with Crippen LogP contribution in [0.25, 0.3) is 0 Å². The third-order valence-corrected chi connectivity index (χ3v) is 3.52. The number of phenolic OH excluding ortho intramolecular Hbond substituents is 1. The van der Waals surface area contributed by atoms with Gasteiger partial charge < -0.3 is 14.6 Å². The average Bonchev–Trinajstić information content (AvgIpc) is 2.50. The van der Waals surface area contributed by atoms with Crippen molar-refractivity contribution in [2.75, 3.05) is 14.2 Å². The molecule has 1 aliphatic rings. The molecule has 0 aliphatic heterocycles. The Morgan fingerprint density at radius 2 is 1.67 bits per heavy atom. The van der Waals surface area contributed by atoms with Crippen molar-refractivity contribution < 1.29 is 24.2 Å². The van der Waals surface area contributed by atoms with E-state index in [-0.39, 0.29) is 33.8 Å². The SMILES string of the molecule is COc1cc(O)c2c(c1)C(=O)c1cccc(OC)c1C2=O. The largest absolute Gasteiger partial charge is 0.507 e. The van der Waals surface area contributed by atoms with Crippen LogP contribution in [0.3, 0.4) is 0 Å². The number of rotatable bonds is 2. The van der Waals surface area contributed by atoms with Crippen LogP contribution in [0, 0.1) is 0 Å². The summed E-state index contributed by atoms with van der Waals surface area (Å²) < 4.78 is 10.2. The molecule has 0 saturated heterocycles. The van der Waals surface area contributed by atoms with Gasteiger partial charge in [0.25, 0.3) is 0 Å². The standard InChI is InChI=1S/C16H12O5/c1-20-8-6-10-13(11(17)7-8)16(19)14-9(15(10)18)4-3-5-12(14)21-2/h3-7,17H,1-2H3. The van der Waals surface area contributed by atoms with E-state index in [1.165, 1.54) is 26.4 Å². The molecule has 0 radical (unpaired) electrons. The third kappa shape index (κ3) is 1.78. The Balaban J connectivity index is 2.33. The van der Waals surface area contributed by atoms with E-state index < -0.39 is 5.78 Å². The van der Waals surface area contributed by atoms with Gasteiger partial charge in [-0.15, -0.1) is 0 Å². The molecule has 0 fully saturated rings. The van der Waals surface area contributed by atoms with E-state index >= 15 is 0 Å². The highest BCUT2D eigenvalue weighted by molar-refractivity contribution is 6.30. The van der Waals surface area contributed by atoms with Gasteiger partial charge in [-0.2, -0.15) is 0 Å². The van der Waals surface area contributed by atoms with Gasteiger partial charge >= 0.3 is 0 Å². The molecule has 0 heterocycles. The molecular weight excluding hydrogens is 272 g/mol. The van der Waals surface area contributed by atoms with Gasteiger partial charge in [0.05, 0.1) is 25.3 Å². The summed E-state index contributed by atoms with van der Waals surface area (Å²) in [4.78, 5) is 25.2. The van der Waals surface area contributed by atoms with E-state index in [1.807, 2.05) is 0 Å². The maximum Gasteiger partial charge on any atom is 0.201 e. The number of ether oxygens (including phenoxy) is 2. The molecule has 0 amide bonds. The molecular formula is C16H12O5. The van der Waals surface area contributed by atoms with Crippen molar-refractivity contribution in [2.45, 2.75) is 0 Å². The van der Waals surface area contributed by atoms with Crippen LogP contribution in [0.5, 0.6) is 17.2 Å². The zero-order chi connectivity index (χ0) is 15.1. The first-order chi connectivity index (χ1) is 10.1. The number of ketones is 2. The number of hydrogen-bond acceptors (Lipinski definition) is 5. The number of phenols is 1. The van der Waals surface area contributed by atoms with Crippen molar-refractivity contribution in [3.63, 3.8) is 0 Å². The molecule has 2 aromatic rings. The number of methoxy groups -OCH3 is 2. The van der Waals surface area contributed by atoms with Crippen molar-refractivity contribution in [1.82, 2.24) is 0 Å². The third-order valence-electron chi connectivity index (χ3n) is 3.52. The van der Waals surface area contributed by atoms with Crippen molar-refractivity contribution in [2.24, 2.45) is 0 Å². The normalized spacial score (nSPS) is 12.7. The Hall–Kier alpha value is -2.82. The highest BCUT2D eigenvalue weighted by Gasteiger charge is 2.34. The van der Waals surface area contributed by atoms with E-state index in [0.29, 0.717) is 11.5 Å². The van der Waals surface area contributed by atoms with Gasteiger partial charge in [-0.05, 0) is 12.1 Å². The fourth-order valence-corrected chi connectivity index (χ4v) is 2.53. The number of fused-ring (bicyclic) bond motifs is 2. The number of carbonyl (C=O) groups is 2. The minimum atomic E-state index is -0.433. The molecule has 0 unspecified atom stereocenters. The van der Waals surface area contributed by atoms with Crippen LogP contribution in [-0.4, -0.2) is 30.9 Å². The molecule has 106 valence electrons. The maximum atomic E-state index is 12.6. The molecule has 21 heavy (non-hydrogen) atoms. The summed E-state index contributed by atoms with van der Waals surface area (Å²) in [6.07, 6.45) is 0. The Bertz CT molecular complexity index is 776. The fraction of sp³-hybridized carbons (Fsp3) is 0.125. The lowest BCUT2D eigenvalue weighted by Crippen LogP contribution is -2.22. The van der Waals surface area contributed by atoms with Gasteiger partial charge in [0.15, 0.2) is 5.78 Å². The molecule has 0 atom stereocenters. The van der Waals surface area contributed by atoms with Crippen LogP contribution >= 0.6 is 0 Å². The van der Waals surface area contributed by atoms with Crippen molar-refractivity contribution >= 4 is 11.6 Å². The maximum absolute atomic E-state index is 12.6. The molecule has 0 aromatic heterocycles. The van der Waals surface area contributed by atoms with Crippen LogP contribution in [0.2, 0.25) is 0 Å². The monoisotopic (exact) mass is 284 g/mol. The lowest BCUT2D eigenvalue weighted by Gasteiger charge is -2.20. The summed E-state index contributed by atoms with van der Waals surface area (Å²) >= 11 is 0. The topological polar surface area (TPSA) is 72.8 Å². The van der Waals surface area contributed by atoms with Crippen LogP contribution in [0.4, 0.5) is 0 Å². The molecule has 1 aliphatic carbocycles. The second kappa shape index (κ2) is 4.63. The molecule has 3 rings (SSSR count). The predicted octanol–water partition coefficient (Wildman–Crippen LogP) is 2.18. The fourth-order valence-electron chi connectivity index (χ4n) is 2.53. The van der Waals surface area contributed by atoms with Crippen molar-refractivity contribution in [3.05, 3.63) is 52.6 Å². The van der Waals surface area contributed by atoms with Crippen LogP contribution < -0.4 is 9.47 Å².